The van der Waals surface area contributed by atoms with Gasteiger partial charge in [0.2, 0.25) is 0 Å². The lowest BCUT2D eigenvalue weighted by atomic mass is 9.89. The molecule has 0 aromatic heterocycles. The lowest BCUT2D eigenvalue weighted by Crippen LogP contribution is -1.99. The van der Waals surface area contributed by atoms with E-state index in [0.29, 0.717) is 0 Å². The second-order valence-corrected chi connectivity index (χ2v) is 13.8. The normalized spacial score (nSPS) is 12.8. The summed E-state index contributed by atoms with van der Waals surface area (Å²) in [7, 11) is 0. The third-order valence-corrected chi connectivity index (χ3v) is 11.5. The number of benzene rings is 8. The standard InChI is InChI=1S/C42H24S2/c1-3-11-29-25(7-1)9-5-13-31(29)27-15-17-33-35-19-20-36-34-18-16-28(32-14-6-10-26-8-2-4-12-30(26)32)24-40(34)44-38-22-21-37(41(35)42(36)38)43-39(33)23-27/h1-24H. The van der Waals surface area contributed by atoms with Crippen LogP contribution in [0.2, 0.25) is 0 Å². The van der Waals surface area contributed by atoms with E-state index in [1.807, 2.05) is 23.5 Å². The molecule has 204 valence electrons. The van der Waals surface area contributed by atoms with Crippen LogP contribution in [0.1, 0.15) is 0 Å². The Balaban J connectivity index is 1.11. The van der Waals surface area contributed by atoms with Crippen molar-refractivity contribution < 1.29 is 0 Å². The number of hydrogen-bond donors (Lipinski definition) is 0. The molecule has 10 rings (SSSR count). The average molecular weight is 593 g/mol. The summed E-state index contributed by atoms with van der Waals surface area (Å²) in [5, 5.41) is 7.95. The summed E-state index contributed by atoms with van der Waals surface area (Å²) < 4.78 is 0. The van der Waals surface area contributed by atoms with Crippen molar-refractivity contribution in [2.75, 3.05) is 0 Å². The highest BCUT2D eigenvalue weighted by atomic mass is 32.2. The Morgan fingerprint density at radius 3 is 1.23 bits per heavy atom. The maximum Gasteiger partial charge on any atom is 0.0208 e. The molecule has 2 heterocycles. The fourth-order valence-corrected chi connectivity index (χ4v) is 9.56. The molecule has 0 amide bonds. The van der Waals surface area contributed by atoms with Crippen molar-refractivity contribution in [3.8, 4) is 44.5 Å². The minimum Gasteiger partial charge on any atom is -0.0887 e. The predicted molar refractivity (Wildman–Crippen MR) is 189 cm³/mol. The molecule has 0 fully saturated rings. The highest BCUT2D eigenvalue weighted by Gasteiger charge is 2.27. The number of hydrogen-bond acceptors (Lipinski definition) is 2. The minimum atomic E-state index is 1.27. The molecule has 0 nitrogen and oxygen atoms in total. The second-order valence-electron chi connectivity index (χ2n) is 11.7. The first kappa shape index (κ1) is 24.7. The molecule has 2 aliphatic heterocycles. The van der Waals surface area contributed by atoms with Gasteiger partial charge in [-0.05, 0) is 90.3 Å². The molecule has 0 unspecified atom stereocenters. The highest BCUT2D eigenvalue weighted by Crippen LogP contribution is 2.56. The summed E-state index contributed by atoms with van der Waals surface area (Å²) in [6, 6.07) is 54.1. The summed E-state index contributed by atoms with van der Waals surface area (Å²) in [6.07, 6.45) is 0. The van der Waals surface area contributed by atoms with Crippen LogP contribution in [0.25, 0.3) is 76.8 Å². The topological polar surface area (TPSA) is 0 Å². The fraction of sp³-hybridized carbons (Fsp3) is 0. The smallest absolute Gasteiger partial charge is 0.0208 e. The van der Waals surface area contributed by atoms with E-state index < -0.39 is 0 Å². The Morgan fingerprint density at radius 1 is 0.295 bits per heavy atom. The summed E-state index contributed by atoms with van der Waals surface area (Å²) in [5.41, 5.74) is 10.5. The Bertz CT molecular complexity index is 2320. The van der Waals surface area contributed by atoms with Gasteiger partial charge in [-0.15, -0.1) is 0 Å². The lowest BCUT2D eigenvalue weighted by Gasteiger charge is -2.27. The van der Waals surface area contributed by atoms with Crippen molar-refractivity contribution in [1.82, 2.24) is 0 Å². The van der Waals surface area contributed by atoms with Crippen LogP contribution in [0.15, 0.2) is 165 Å². The summed E-state index contributed by atoms with van der Waals surface area (Å²) >= 11 is 3.83. The monoisotopic (exact) mass is 592 g/mol. The van der Waals surface area contributed by atoms with Crippen molar-refractivity contribution in [3.05, 3.63) is 146 Å². The zero-order valence-electron chi connectivity index (χ0n) is 23.7. The largest absolute Gasteiger partial charge is 0.0887 e. The number of fused-ring (bicyclic) bond motifs is 6. The predicted octanol–water partition coefficient (Wildman–Crippen LogP) is 12.7. The van der Waals surface area contributed by atoms with E-state index in [2.05, 4.69) is 146 Å². The Kier molecular flexibility index (Phi) is 5.25. The first-order valence-corrected chi connectivity index (χ1v) is 16.6. The van der Waals surface area contributed by atoms with Crippen LogP contribution in [0.3, 0.4) is 0 Å². The van der Waals surface area contributed by atoms with Crippen molar-refractivity contribution in [1.29, 1.82) is 0 Å². The van der Waals surface area contributed by atoms with Gasteiger partial charge in [0.15, 0.2) is 0 Å². The van der Waals surface area contributed by atoms with Crippen molar-refractivity contribution >= 4 is 55.8 Å². The van der Waals surface area contributed by atoms with Crippen LogP contribution in [0, 0.1) is 0 Å². The molecule has 8 aromatic carbocycles. The van der Waals surface area contributed by atoms with E-state index in [0.717, 1.165) is 0 Å². The van der Waals surface area contributed by atoms with Gasteiger partial charge in [-0.3, -0.25) is 0 Å². The molecule has 2 aliphatic rings. The third kappa shape index (κ3) is 3.56. The second kappa shape index (κ2) is 9.37. The average Bonchev–Trinajstić information content (AvgIpc) is 3.09. The van der Waals surface area contributed by atoms with Crippen LogP contribution in [-0.4, -0.2) is 0 Å². The fourth-order valence-electron chi connectivity index (χ4n) is 7.24. The Morgan fingerprint density at radius 2 is 0.727 bits per heavy atom. The maximum atomic E-state index is 2.39. The van der Waals surface area contributed by atoms with Gasteiger partial charge in [0, 0.05) is 30.4 Å². The van der Waals surface area contributed by atoms with Gasteiger partial charge in [-0.25, -0.2) is 0 Å². The van der Waals surface area contributed by atoms with Gasteiger partial charge in [0.05, 0.1) is 0 Å². The SMILES string of the molecule is c1ccc2c(-c3ccc4c(c3)Sc3ccc5c6c(ccc-4c36)-c3ccc(-c4cccc6ccccc46)cc3S5)cccc2c1. The van der Waals surface area contributed by atoms with Crippen LogP contribution in [-0.2, 0) is 0 Å². The van der Waals surface area contributed by atoms with Crippen molar-refractivity contribution in [3.63, 3.8) is 0 Å². The zero-order chi connectivity index (χ0) is 28.8. The van der Waals surface area contributed by atoms with Crippen LogP contribution in [0.5, 0.6) is 0 Å². The van der Waals surface area contributed by atoms with E-state index in [1.165, 1.54) is 96.4 Å². The first-order valence-electron chi connectivity index (χ1n) is 15.0. The molecular formula is C42H24S2. The molecule has 0 spiro atoms. The quantitative estimate of drug-likeness (QED) is 0.196. The van der Waals surface area contributed by atoms with Crippen molar-refractivity contribution in [2.45, 2.75) is 19.6 Å². The van der Waals surface area contributed by atoms with E-state index in [-0.39, 0.29) is 0 Å². The van der Waals surface area contributed by atoms with E-state index in [4.69, 9.17) is 0 Å². The highest BCUT2D eigenvalue weighted by molar-refractivity contribution is 8.00. The molecule has 0 saturated heterocycles. The molecule has 0 N–H and O–H groups in total. The molecule has 0 saturated carbocycles. The van der Waals surface area contributed by atoms with Crippen LogP contribution < -0.4 is 0 Å². The summed E-state index contributed by atoms with van der Waals surface area (Å²) in [6.45, 7) is 0. The van der Waals surface area contributed by atoms with Gasteiger partial charge in [0.25, 0.3) is 0 Å². The molecule has 0 aliphatic carbocycles. The Labute approximate surface area is 264 Å². The van der Waals surface area contributed by atoms with Crippen LogP contribution in [0.4, 0.5) is 0 Å². The lowest BCUT2D eigenvalue weighted by molar-refractivity contribution is 1.34. The molecular weight excluding hydrogens is 569 g/mol. The van der Waals surface area contributed by atoms with Gasteiger partial charge in [-0.1, -0.05) is 145 Å². The zero-order valence-corrected chi connectivity index (χ0v) is 25.3. The molecule has 0 radical (unpaired) electrons. The molecule has 0 bridgehead atoms. The third-order valence-electron chi connectivity index (χ3n) is 9.27. The van der Waals surface area contributed by atoms with Gasteiger partial charge in [-0.2, -0.15) is 0 Å². The Hall–Kier alpha value is -4.76. The molecule has 8 aromatic rings. The van der Waals surface area contributed by atoms with E-state index in [1.54, 1.807) is 0 Å². The first-order chi connectivity index (χ1) is 21.8. The van der Waals surface area contributed by atoms with E-state index in [9.17, 15) is 0 Å². The van der Waals surface area contributed by atoms with Gasteiger partial charge in [0.1, 0.15) is 0 Å². The molecule has 44 heavy (non-hydrogen) atoms. The van der Waals surface area contributed by atoms with Crippen LogP contribution >= 0.6 is 23.5 Å². The summed E-state index contributed by atoms with van der Waals surface area (Å²) in [5.74, 6) is 0. The molecule has 2 heteroatoms. The van der Waals surface area contributed by atoms with E-state index >= 15 is 0 Å². The van der Waals surface area contributed by atoms with Crippen molar-refractivity contribution in [2.24, 2.45) is 0 Å². The maximum absolute atomic E-state index is 2.39. The van der Waals surface area contributed by atoms with Gasteiger partial charge < -0.3 is 0 Å². The molecule has 0 atom stereocenters. The summed E-state index contributed by atoms with van der Waals surface area (Å²) in [4.78, 5) is 5.35. The van der Waals surface area contributed by atoms with Gasteiger partial charge >= 0.3 is 0 Å². The minimum absolute atomic E-state index is 1.27. The number of rotatable bonds is 2.